The maximum Gasteiger partial charge on any atom is 0.319 e. The van der Waals surface area contributed by atoms with Crippen molar-refractivity contribution in [3.8, 4) is 0 Å². The van der Waals surface area contributed by atoms with E-state index < -0.39 is 58.1 Å². The van der Waals surface area contributed by atoms with Crippen molar-refractivity contribution < 1.29 is 34.1 Å². The molecule has 2 spiro atoms. The molecular weight excluding hydrogens is 390 g/mol. The summed E-state index contributed by atoms with van der Waals surface area (Å²) >= 11 is 0. The average Bonchev–Trinajstić information content (AvgIpc) is 3.27. The molecule has 1 unspecified atom stereocenters. The number of rotatable bonds is 2. The molecule has 6 atom stereocenters. The minimum atomic E-state index is -1.71. The van der Waals surface area contributed by atoms with Crippen molar-refractivity contribution >= 4 is 17.8 Å². The highest BCUT2D eigenvalue weighted by molar-refractivity contribution is 5.96. The van der Waals surface area contributed by atoms with Gasteiger partial charge in [0, 0.05) is 13.0 Å². The van der Waals surface area contributed by atoms with Crippen LogP contribution in [0.15, 0.2) is 30.3 Å². The van der Waals surface area contributed by atoms with E-state index in [-0.39, 0.29) is 19.4 Å². The lowest BCUT2D eigenvalue weighted by molar-refractivity contribution is -0.212. The predicted molar refractivity (Wildman–Crippen MR) is 101 cm³/mol. The Labute approximate surface area is 173 Å². The second-order valence-corrected chi connectivity index (χ2v) is 9.92. The Balaban J connectivity index is 1.72. The molecular formula is C22H25NO7. The molecule has 3 heterocycles. The summed E-state index contributed by atoms with van der Waals surface area (Å²) in [4.78, 5) is 40.1. The molecule has 0 radical (unpaired) electrons. The zero-order chi connectivity index (χ0) is 21.7. The van der Waals surface area contributed by atoms with E-state index in [0.717, 1.165) is 5.56 Å². The van der Waals surface area contributed by atoms with Gasteiger partial charge in [-0.15, -0.1) is 0 Å². The monoisotopic (exact) mass is 415 g/mol. The zero-order valence-corrected chi connectivity index (χ0v) is 17.1. The number of aliphatic hydroxyl groups is 2. The molecule has 30 heavy (non-hydrogen) atoms. The van der Waals surface area contributed by atoms with Crippen LogP contribution in [0.3, 0.4) is 0 Å². The fourth-order valence-corrected chi connectivity index (χ4v) is 6.42. The number of hydrogen-bond acceptors (Lipinski definition) is 7. The molecule has 1 amide bonds. The smallest absolute Gasteiger partial charge is 0.319 e. The average molecular weight is 415 g/mol. The largest absolute Gasteiger partial charge is 0.461 e. The van der Waals surface area contributed by atoms with E-state index in [1.165, 1.54) is 4.90 Å². The van der Waals surface area contributed by atoms with Crippen molar-refractivity contribution in [1.29, 1.82) is 0 Å². The van der Waals surface area contributed by atoms with Crippen LogP contribution in [-0.4, -0.2) is 57.0 Å². The first-order valence-electron chi connectivity index (χ1n) is 10.2. The minimum absolute atomic E-state index is 0.0443. The lowest BCUT2D eigenvalue weighted by Gasteiger charge is -2.51. The van der Waals surface area contributed by atoms with Gasteiger partial charge in [0.05, 0.1) is 12.0 Å². The Morgan fingerprint density at radius 2 is 1.80 bits per heavy atom. The van der Waals surface area contributed by atoms with Crippen LogP contribution < -0.4 is 0 Å². The maximum absolute atomic E-state index is 13.3. The summed E-state index contributed by atoms with van der Waals surface area (Å²) in [6, 6.07) is 9.15. The van der Waals surface area contributed by atoms with Crippen LogP contribution >= 0.6 is 0 Å². The molecule has 160 valence electrons. The molecule has 4 aliphatic rings. The summed E-state index contributed by atoms with van der Waals surface area (Å²) in [5, 5.41) is 23.4. The van der Waals surface area contributed by atoms with Gasteiger partial charge in [-0.05, 0) is 11.0 Å². The Hall–Kier alpha value is -2.45. The third-order valence-corrected chi connectivity index (χ3v) is 7.79. The van der Waals surface area contributed by atoms with Gasteiger partial charge in [-0.2, -0.15) is 0 Å². The van der Waals surface area contributed by atoms with E-state index in [9.17, 15) is 24.6 Å². The van der Waals surface area contributed by atoms with E-state index in [0.29, 0.717) is 0 Å². The topological polar surface area (TPSA) is 113 Å². The molecule has 1 aromatic rings. The molecule has 8 nitrogen and oxygen atoms in total. The first-order chi connectivity index (χ1) is 14.0. The Kier molecular flexibility index (Phi) is 3.65. The number of nitrogens with zero attached hydrogens (tertiary/aromatic N) is 1. The van der Waals surface area contributed by atoms with Crippen LogP contribution in [0.5, 0.6) is 0 Å². The second kappa shape index (κ2) is 5.62. The highest BCUT2D eigenvalue weighted by Gasteiger charge is 2.92. The number of benzene rings is 1. The van der Waals surface area contributed by atoms with Crippen molar-refractivity contribution in [1.82, 2.24) is 4.90 Å². The molecule has 0 bridgehead atoms. The SMILES string of the molecule is CC(C)(C)[C@]1(O)C[C@@H]2OC(=O)C[C@@]23C(=O)O[C@@H]2N(Cc4ccccc4)C(=O)[C@H](O)C213. The van der Waals surface area contributed by atoms with E-state index in [4.69, 9.17) is 9.47 Å². The standard InChI is InChI=1S/C22H25NO7/c1-19(2,3)21(28)9-13-20(10-14(24)29-13)18(27)30-17-22(20,21)15(25)16(26)23(17)11-12-7-5-4-6-8-12/h4-8,13,15,17,25,28H,9-11H2,1-3H3/t13-,15-,17-,20-,21+,22?/m0/s1. The van der Waals surface area contributed by atoms with E-state index >= 15 is 0 Å². The van der Waals surface area contributed by atoms with Crippen LogP contribution in [0.25, 0.3) is 0 Å². The molecule has 2 N–H and O–H groups in total. The summed E-state index contributed by atoms with van der Waals surface area (Å²) in [6.07, 6.45) is -4.23. The van der Waals surface area contributed by atoms with Gasteiger partial charge in [-0.25, -0.2) is 0 Å². The van der Waals surface area contributed by atoms with Gasteiger partial charge in [0.1, 0.15) is 23.0 Å². The van der Waals surface area contributed by atoms with Crippen LogP contribution in [0.1, 0.15) is 39.2 Å². The van der Waals surface area contributed by atoms with Crippen molar-refractivity contribution in [3.05, 3.63) is 35.9 Å². The highest BCUT2D eigenvalue weighted by atomic mass is 16.6. The Bertz CT molecular complexity index is 956. The summed E-state index contributed by atoms with van der Waals surface area (Å²) in [7, 11) is 0. The van der Waals surface area contributed by atoms with Crippen molar-refractivity contribution in [3.63, 3.8) is 0 Å². The van der Waals surface area contributed by atoms with E-state index in [2.05, 4.69) is 0 Å². The number of hydrogen-bond donors (Lipinski definition) is 2. The molecule has 1 aliphatic carbocycles. The third kappa shape index (κ3) is 1.88. The first kappa shape index (κ1) is 19.5. The quantitative estimate of drug-likeness (QED) is 0.685. The molecule has 1 aromatic carbocycles. The van der Waals surface area contributed by atoms with Gasteiger partial charge >= 0.3 is 11.9 Å². The molecule has 8 heteroatoms. The zero-order valence-electron chi connectivity index (χ0n) is 17.1. The number of esters is 2. The molecule has 0 aromatic heterocycles. The van der Waals surface area contributed by atoms with E-state index in [1.54, 1.807) is 20.8 Å². The molecule has 3 aliphatic heterocycles. The van der Waals surface area contributed by atoms with Crippen LogP contribution in [0, 0.1) is 16.2 Å². The van der Waals surface area contributed by atoms with Crippen LogP contribution in [-0.2, 0) is 30.4 Å². The number of carbonyl (C=O) groups is 3. The number of amides is 1. The lowest BCUT2D eigenvalue weighted by atomic mass is 9.52. The fraction of sp³-hybridized carbons (Fsp3) is 0.591. The molecule has 3 saturated heterocycles. The van der Waals surface area contributed by atoms with Crippen molar-refractivity contribution in [2.24, 2.45) is 16.2 Å². The number of carbonyl (C=O) groups excluding carboxylic acids is 3. The molecule has 4 fully saturated rings. The summed E-state index contributed by atoms with van der Waals surface area (Å²) < 4.78 is 11.2. The number of likely N-dealkylation sites (tertiary alicyclic amines) is 1. The van der Waals surface area contributed by atoms with Gasteiger partial charge in [0.15, 0.2) is 6.23 Å². The normalized spacial score (nSPS) is 42.1. The first-order valence-corrected chi connectivity index (χ1v) is 10.2. The van der Waals surface area contributed by atoms with Gasteiger partial charge in [-0.3, -0.25) is 19.3 Å². The fourth-order valence-electron chi connectivity index (χ4n) is 6.42. The summed E-state index contributed by atoms with van der Waals surface area (Å²) in [5.41, 5.74) is -5.05. The summed E-state index contributed by atoms with van der Waals surface area (Å²) in [6.45, 7) is 5.46. The van der Waals surface area contributed by atoms with E-state index in [1.807, 2.05) is 30.3 Å². The molecule has 5 rings (SSSR count). The second-order valence-electron chi connectivity index (χ2n) is 9.92. The number of aliphatic hydroxyl groups excluding tert-OH is 1. The van der Waals surface area contributed by atoms with Gasteiger partial charge < -0.3 is 19.7 Å². The summed E-state index contributed by atoms with van der Waals surface area (Å²) in [5.74, 6) is -1.92. The predicted octanol–water partition coefficient (Wildman–Crippen LogP) is 0.742. The van der Waals surface area contributed by atoms with Crippen molar-refractivity contribution in [2.75, 3.05) is 0 Å². The van der Waals surface area contributed by atoms with Crippen LogP contribution in [0.4, 0.5) is 0 Å². The van der Waals surface area contributed by atoms with Gasteiger partial charge in [0.25, 0.3) is 5.91 Å². The minimum Gasteiger partial charge on any atom is -0.461 e. The molecule has 1 saturated carbocycles. The van der Waals surface area contributed by atoms with Gasteiger partial charge in [-0.1, -0.05) is 51.1 Å². The van der Waals surface area contributed by atoms with Crippen molar-refractivity contribution in [2.45, 2.75) is 64.2 Å². The Morgan fingerprint density at radius 1 is 1.13 bits per heavy atom. The maximum atomic E-state index is 13.3. The number of ether oxygens (including phenoxy) is 2. The van der Waals surface area contributed by atoms with Crippen LogP contribution in [0.2, 0.25) is 0 Å². The Morgan fingerprint density at radius 3 is 2.43 bits per heavy atom. The third-order valence-electron chi connectivity index (χ3n) is 7.79. The highest BCUT2D eigenvalue weighted by Crippen LogP contribution is 2.75. The lowest BCUT2D eigenvalue weighted by Crippen LogP contribution is -2.65. The van der Waals surface area contributed by atoms with Gasteiger partial charge in [0.2, 0.25) is 0 Å².